The van der Waals surface area contributed by atoms with Crippen LogP contribution in [0.25, 0.3) is 0 Å². The number of nitrogens with one attached hydrogen (secondary N) is 1. The van der Waals surface area contributed by atoms with Crippen LogP contribution in [0, 0.1) is 5.92 Å². The van der Waals surface area contributed by atoms with Crippen molar-refractivity contribution in [2.24, 2.45) is 5.92 Å². The molecule has 1 aliphatic heterocycles. The highest BCUT2D eigenvalue weighted by Gasteiger charge is 2.12. The maximum Gasteiger partial charge on any atom is 0.225 e. The molecule has 0 radical (unpaired) electrons. The first kappa shape index (κ1) is 11.3. The first-order chi connectivity index (χ1) is 7.75. The fourth-order valence-electron chi connectivity index (χ4n) is 1.95. The van der Waals surface area contributed by atoms with Crippen LogP contribution in [0.3, 0.4) is 0 Å². The zero-order valence-corrected chi connectivity index (χ0v) is 10.1. The largest absolute Gasteiger partial charge is 0.338 e. The van der Waals surface area contributed by atoms with E-state index in [1.807, 2.05) is 12.4 Å². The summed E-state index contributed by atoms with van der Waals surface area (Å²) in [6.07, 6.45) is 4.98. The Morgan fingerprint density at radius 1 is 1.25 bits per heavy atom. The van der Waals surface area contributed by atoms with Crippen molar-refractivity contribution in [2.75, 3.05) is 31.1 Å². The molecule has 2 heterocycles. The normalized spacial score (nSPS) is 16.8. The maximum atomic E-state index is 4.44. The molecule has 2 rings (SSSR count). The molecule has 1 fully saturated rings. The van der Waals surface area contributed by atoms with E-state index in [0.717, 1.165) is 38.5 Å². The third-order valence-corrected chi connectivity index (χ3v) is 2.74. The minimum absolute atomic E-state index is 0.661. The molecule has 1 aromatic rings. The number of hydrogen-bond acceptors (Lipinski definition) is 4. The third kappa shape index (κ3) is 2.92. The molecule has 1 N–H and O–H groups in total. The zero-order chi connectivity index (χ0) is 11.4. The van der Waals surface area contributed by atoms with Crippen molar-refractivity contribution >= 4 is 5.95 Å². The van der Waals surface area contributed by atoms with Gasteiger partial charge in [-0.25, -0.2) is 9.97 Å². The molecule has 1 saturated heterocycles. The lowest BCUT2D eigenvalue weighted by Gasteiger charge is -2.27. The van der Waals surface area contributed by atoms with Gasteiger partial charge in [0.1, 0.15) is 0 Å². The van der Waals surface area contributed by atoms with E-state index in [4.69, 9.17) is 0 Å². The molecule has 0 spiro atoms. The van der Waals surface area contributed by atoms with Gasteiger partial charge in [-0.2, -0.15) is 0 Å². The van der Waals surface area contributed by atoms with Crippen LogP contribution in [0.5, 0.6) is 0 Å². The van der Waals surface area contributed by atoms with Crippen LogP contribution >= 0.6 is 0 Å². The Morgan fingerprint density at radius 3 is 2.44 bits per heavy atom. The summed E-state index contributed by atoms with van der Waals surface area (Å²) in [5.41, 5.74) is 1.23. The molecule has 4 nitrogen and oxygen atoms in total. The Bertz CT molecular complexity index is 314. The minimum atomic E-state index is 0.661. The fraction of sp³-hybridized carbons (Fsp3) is 0.667. The second-order valence-electron chi connectivity index (χ2n) is 4.73. The van der Waals surface area contributed by atoms with Gasteiger partial charge in [0.15, 0.2) is 0 Å². The summed E-state index contributed by atoms with van der Waals surface area (Å²) >= 11 is 0. The van der Waals surface area contributed by atoms with Crippen LogP contribution in [0.4, 0.5) is 5.95 Å². The smallest absolute Gasteiger partial charge is 0.225 e. The lowest BCUT2D eigenvalue weighted by atomic mass is 10.1. The zero-order valence-electron chi connectivity index (χ0n) is 10.1. The first-order valence-corrected chi connectivity index (χ1v) is 6.02. The number of piperazine rings is 1. The summed E-state index contributed by atoms with van der Waals surface area (Å²) in [7, 11) is 0. The summed E-state index contributed by atoms with van der Waals surface area (Å²) in [5.74, 6) is 1.53. The van der Waals surface area contributed by atoms with Crippen LogP contribution in [-0.4, -0.2) is 36.1 Å². The molecule has 0 amide bonds. The molecule has 0 aliphatic carbocycles. The van der Waals surface area contributed by atoms with E-state index < -0.39 is 0 Å². The SMILES string of the molecule is CC(C)Cc1cnc(N2CCNCC2)nc1. The van der Waals surface area contributed by atoms with Gasteiger partial charge in [0.2, 0.25) is 5.95 Å². The van der Waals surface area contributed by atoms with Crippen LogP contribution in [0.15, 0.2) is 12.4 Å². The molecule has 0 saturated carbocycles. The van der Waals surface area contributed by atoms with Gasteiger partial charge in [0.05, 0.1) is 0 Å². The Hall–Kier alpha value is -1.16. The van der Waals surface area contributed by atoms with Crippen molar-refractivity contribution in [1.29, 1.82) is 0 Å². The van der Waals surface area contributed by atoms with Crippen molar-refractivity contribution < 1.29 is 0 Å². The highest BCUT2D eigenvalue weighted by Crippen LogP contribution is 2.10. The Morgan fingerprint density at radius 2 is 1.88 bits per heavy atom. The summed E-state index contributed by atoms with van der Waals surface area (Å²) in [5, 5.41) is 3.32. The molecule has 4 heteroatoms. The molecule has 0 bridgehead atoms. The van der Waals surface area contributed by atoms with Gasteiger partial charge < -0.3 is 10.2 Å². The van der Waals surface area contributed by atoms with Gasteiger partial charge in [0, 0.05) is 38.6 Å². The van der Waals surface area contributed by atoms with Gasteiger partial charge in [0.25, 0.3) is 0 Å². The number of anilines is 1. The van der Waals surface area contributed by atoms with E-state index in [9.17, 15) is 0 Å². The molecule has 0 unspecified atom stereocenters. The van der Waals surface area contributed by atoms with Gasteiger partial charge >= 0.3 is 0 Å². The molecule has 0 atom stereocenters. The number of nitrogens with zero attached hydrogens (tertiary/aromatic N) is 3. The van der Waals surface area contributed by atoms with Crippen molar-refractivity contribution in [3.63, 3.8) is 0 Å². The van der Waals surface area contributed by atoms with Gasteiger partial charge in [-0.15, -0.1) is 0 Å². The summed E-state index contributed by atoms with van der Waals surface area (Å²) < 4.78 is 0. The van der Waals surface area contributed by atoms with E-state index >= 15 is 0 Å². The van der Waals surface area contributed by atoms with Gasteiger partial charge in [-0.1, -0.05) is 13.8 Å². The fourth-order valence-corrected chi connectivity index (χ4v) is 1.95. The van der Waals surface area contributed by atoms with Crippen molar-refractivity contribution in [3.8, 4) is 0 Å². The lowest BCUT2D eigenvalue weighted by molar-refractivity contribution is 0.578. The van der Waals surface area contributed by atoms with E-state index in [0.29, 0.717) is 5.92 Å². The molecule has 16 heavy (non-hydrogen) atoms. The highest BCUT2D eigenvalue weighted by atomic mass is 15.3. The topological polar surface area (TPSA) is 41.1 Å². The number of rotatable bonds is 3. The molecule has 1 aliphatic rings. The Kier molecular flexibility index (Phi) is 3.72. The molecule has 0 aromatic carbocycles. The van der Waals surface area contributed by atoms with Crippen molar-refractivity contribution in [1.82, 2.24) is 15.3 Å². The standard InChI is InChI=1S/C12H20N4/c1-10(2)7-11-8-14-12(15-9-11)16-5-3-13-4-6-16/h8-10,13H,3-7H2,1-2H3. The predicted molar refractivity (Wildman–Crippen MR) is 65.7 cm³/mol. The Labute approximate surface area is 97.1 Å². The Balaban J connectivity index is 2.00. The van der Waals surface area contributed by atoms with E-state index in [-0.39, 0.29) is 0 Å². The third-order valence-electron chi connectivity index (χ3n) is 2.74. The van der Waals surface area contributed by atoms with Crippen molar-refractivity contribution in [2.45, 2.75) is 20.3 Å². The van der Waals surface area contributed by atoms with E-state index in [1.54, 1.807) is 0 Å². The summed E-state index contributed by atoms with van der Waals surface area (Å²) in [6.45, 7) is 8.48. The average Bonchev–Trinajstić information content (AvgIpc) is 2.30. The van der Waals surface area contributed by atoms with Crippen molar-refractivity contribution in [3.05, 3.63) is 18.0 Å². The van der Waals surface area contributed by atoms with Crippen LogP contribution in [0.1, 0.15) is 19.4 Å². The number of aromatic nitrogens is 2. The van der Waals surface area contributed by atoms with Gasteiger partial charge in [-0.05, 0) is 17.9 Å². The summed E-state index contributed by atoms with van der Waals surface area (Å²) in [6, 6.07) is 0. The first-order valence-electron chi connectivity index (χ1n) is 6.02. The molecule has 88 valence electrons. The molecular weight excluding hydrogens is 200 g/mol. The minimum Gasteiger partial charge on any atom is -0.338 e. The van der Waals surface area contributed by atoms with Gasteiger partial charge in [-0.3, -0.25) is 0 Å². The van der Waals surface area contributed by atoms with Crippen LogP contribution < -0.4 is 10.2 Å². The monoisotopic (exact) mass is 220 g/mol. The maximum absolute atomic E-state index is 4.44. The van der Waals surface area contributed by atoms with E-state index in [1.165, 1.54) is 5.56 Å². The van der Waals surface area contributed by atoms with E-state index in [2.05, 4.69) is 34.0 Å². The predicted octanol–water partition coefficient (Wildman–Crippen LogP) is 1.08. The molecular formula is C12H20N4. The van der Waals surface area contributed by atoms with Crippen LogP contribution in [0.2, 0.25) is 0 Å². The molecule has 1 aromatic heterocycles. The van der Waals surface area contributed by atoms with Crippen LogP contribution in [-0.2, 0) is 6.42 Å². The summed E-state index contributed by atoms with van der Waals surface area (Å²) in [4.78, 5) is 11.1. The number of hydrogen-bond donors (Lipinski definition) is 1. The highest BCUT2D eigenvalue weighted by molar-refractivity contribution is 5.30. The quantitative estimate of drug-likeness (QED) is 0.827. The second-order valence-corrected chi connectivity index (χ2v) is 4.73. The average molecular weight is 220 g/mol. The second kappa shape index (κ2) is 5.25. The lowest BCUT2D eigenvalue weighted by Crippen LogP contribution is -2.44.